The van der Waals surface area contributed by atoms with Crippen LogP contribution in [0, 0.1) is 0 Å². The maximum Gasteiger partial charge on any atom is 0.264 e. The average Bonchev–Trinajstić information content (AvgIpc) is 3.03. The van der Waals surface area contributed by atoms with Gasteiger partial charge < -0.3 is 11.1 Å². The van der Waals surface area contributed by atoms with Crippen molar-refractivity contribution in [3.05, 3.63) is 74.7 Å². The van der Waals surface area contributed by atoms with Crippen LogP contribution in [0.1, 0.15) is 15.9 Å². The van der Waals surface area contributed by atoms with Crippen LogP contribution in [-0.4, -0.2) is 22.0 Å². The van der Waals surface area contributed by atoms with Crippen molar-refractivity contribution in [2.24, 2.45) is 10.7 Å². The number of nitrogens with zero attached hydrogens (tertiary/aromatic N) is 2. The molecule has 2 aromatic carbocycles. The molecule has 3 aromatic rings. The highest BCUT2D eigenvalue weighted by Crippen LogP contribution is 2.35. The summed E-state index contributed by atoms with van der Waals surface area (Å²) in [6.07, 6.45) is 3.23. The lowest BCUT2D eigenvalue weighted by Gasteiger charge is -2.04. The quantitative estimate of drug-likeness (QED) is 0.581. The number of halogens is 2. The number of amidine groups is 1. The number of pyridine rings is 1. The number of nitrogens with two attached hydrogens (primary N) is 1. The van der Waals surface area contributed by atoms with Crippen molar-refractivity contribution in [2.75, 3.05) is 0 Å². The number of nitrogens with one attached hydrogen (secondary N) is 1. The Balaban J connectivity index is 1.69. The highest BCUT2D eigenvalue weighted by molar-refractivity contribution is 8.18. The number of aliphatic imine (C=N–C) groups is 1. The Hall–Kier alpha value is -2.87. The van der Waals surface area contributed by atoms with Crippen molar-refractivity contribution >= 4 is 74.6 Å². The second-order valence-electron chi connectivity index (χ2n) is 6.05. The number of hydrogen-bond donors (Lipinski definition) is 2. The van der Waals surface area contributed by atoms with E-state index >= 15 is 0 Å². The lowest BCUT2D eigenvalue weighted by Crippen LogP contribution is -2.19. The standard InChI is InChI=1S/C20H12Cl2N4O2S/c21-13-2-1-3-14(22)17(13)25-20-26-19(28)16(29-20)9-10-4-5-15-12(8-10)11(18(23)27)6-7-24-15/h1-9H,(H2,23,27)(H,25,26,28)/b16-9-. The van der Waals surface area contributed by atoms with E-state index in [2.05, 4.69) is 15.3 Å². The predicted octanol–water partition coefficient (Wildman–Crippen LogP) is 4.53. The van der Waals surface area contributed by atoms with Gasteiger partial charge in [-0.2, -0.15) is 0 Å². The van der Waals surface area contributed by atoms with Gasteiger partial charge in [0, 0.05) is 11.6 Å². The molecule has 144 valence electrons. The van der Waals surface area contributed by atoms with E-state index < -0.39 is 5.91 Å². The zero-order chi connectivity index (χ0) is 20.5. The molecule has 29 heavy (non-hydrogen) atoms. The van der Waals surface area contributed by atoms with Gasteiger partial charge in [-0.1, -0.05) is 35.3 Å². The summed E-state index contributed by atoms with van der Waals surface area (Å²) in [6.45, 7) is 0. The first-order chi connectivity index (χ1) is 13.9. The number of carbonyl (C=O) groups is 2. The van der Waals surface area contributed by atoms with E-state index in [1.807, 2.05) is 0 Å². The number of hydrogen-bond acceptors (Lipinski definition) is 5. The van der Waals surface area contributed by atoms with Gasteiger partial charge in [-0.15, -0.1) is 0 Å². The molecule has 1 aliphatic heterocycles. The maximum atomic E-state index is 12.4. The molecule has 1 aliphatic rings. The van der Waals surface area contributed by atoms with Gasteiger partial charge in [-0.3, -0.25) is 14.6 Å². The highest BCUT2D eigenvalue weighted by Gasteiger charge is 2.24. The molecule has 6 nitrogen and oxygen atoms in total. The molecule has 0 spiro atoms. The fourth-order valence-electron chi connectivity index (χ4n) is 2.80. The Morgan fingerprint density at radius 3 is 2.66 bits per heavy atom. The summed E-state index contributed by atoms with van der Waals surface area (Å²) in [5, 5.41) is 4.46. The van der Waals surface area contributed by atoms with Crippen LogP contribution in [0.5, 0.6) is 0 Å². The van der Waals surface area contributed by atoms with Crippen molar-refractivity contribution in [1.82, 2.24) is 10.3 Å². The summed E-state index contributed by atoms with van der Waals surface area (Å²) in [7, 11) is 0. The van der Waals surface area contributed by atoms with Crippen molar-refractivity contribution < 1.29 is 9.59 Å². The fraction of sp³-hybridized carbons (Fsp3) is 0. The molecule has 1 fully saturated rings. The predicted molar refractivity (Wildman–Crippen MR) is 118 cm³/mol. The SMILES string of the molecule is NC(=O)c1ccnc2ccc(/C=C3\SC(=Nc4c(Cl)cccc4Cl)NC3=O)cc12. The van der Waals surface area contributed by atoms with Crippen molar-refractivity contribution in [3.8, 4) is 0 Å². The van der Waals surface area contributed by atoms with Gasteiger partial charge in [-0.05, 0) is 53.7 Å². The summed E-state index contributed by atoms with van der Waals surface area (Å²) in [5.74, 6) is -0.834. The smallest absolute Gasteiger partial charge is 0.264 e. The Morgan fingerprint density at radius 2 is 1.93 bits per heavy atom. The molecule has 0 unspecified atom stereocenters. The Bertz CT molecular complexity index is 1220. The molecule has 0 aliphatic carbocycles. The van der Waals surface area contributed by atoms with Gasteiger partial charge in [0.25, 0.3) is 5.91 Å². The van der Waals surface area contributed by atoms with Gasteiger partial charge in [0.1, 0.15) is 5.69 Å². The molecule has 9 heteroatoms. The van der Waals surface area contributed by atoms with Crippen molar-refractivity contribution in [3.63, 3.8) is 0 Å². The minimum absolute atomic E-state index is 0.293. The van der Waals surface area contributed by atoms with Gasteiger partial charge in [0.05, 0.1) is 26.0 Å². The van der Waals surface area contributed by atoms with E-state index in [4.69, 9.17) is 28.9 Å². The van der Waals surface area contributed by atoms with Gasteiger partial charge in [0.2, 0.25) is 5.91 Å². The van der Waals surface area contributed by atoms with E-state index in [9.17, 15) is 9.59 Å². The van der Waals surface area contributed by atoms with E-state index in [-0.39, 0.29) is 5.91 Å². The molecular formula is C20H12Cl2N4O2S. The third-order valence-corrected chi connectivity index (χ3v) is 5.65. The zero-order valence-corrected chi connectivity index (χ0v) is 17.0. The Morgan fingerprint density at radius 1 is 1.17 bits per heavy atom. The molecule has 2 heterocycles. The number of para-hydroxylation sites is 1. The summed E-state index contributed by atoms with van der Waals surface area (Å²) in [5.41, 5.74) is 7.57. The second kappa shape index (κ2) is 7.87. The average molecular weight is 443 g/mol. The fourth-order valence-corrected chi connectivity index (χ4v) is 4.11. The molecule has 1 aromatic heterocycles. The monoisotopic (exact) mass is 442 g/mol. The summed E-state index contributed by atoms with van der Waals surface area (Å²) in [6, 6.07) is 12.0. The van der Waals surface area contributed by atoms with Gasteiger partial charge >= 0.3 is 0 Å². The molecule has 4 rings (SSSR count). The molecule has 0 bridgehead atoms. The first kappa shape index (κ1) is 19.4. The highest BCUT2D eigenvalue weighted by atomic mass is 35.5. The molecule has 1 saturated heterocycles. The molecule has 0 atom stereocenters. The zero-order valence-electron chi connectivity index (χ0n) is 14.6. The Kier molecular flexibility index (Phi) is 5.27. The number of rotatable bonds is 3. The number of carbonyl (C=O) groups excluding carboxylic acids is 2. The third-order valence-electron chi connectivity index (χ3n) is 4.13. The molecule has 0 saturated carbocycles. The number of benzene rings is 2. The number of amides is 2. The van der Waals surface area contributed by atoms with Crippen LogP contribution in [0.25, 0.3) is 17.0 Å². The van der Waals surface area contributed by atoms with Crippen LogP contribution >= 0.6 is 35.0 Å². The van der Waals surface area contributed by atoms with Crippen LogP contribution < -0.4 is 11.1 Å². The van der Waals surface area contributed by atoms with E-state index in [1.165, 1.54) is 18.0 Å². The van der Waals surface area contributed by atoms with E-state index in [1.54, 1.807) is 48.5 Å². The normalized spacial score (nSPS) is 16.6. The minimum atomic E-state index is -0.541. The van der Waals surface area contributed by atoms with Crippen LogP contribution in [0.3, 0.4) is 0 Å². The molecule has 3 N–H and O–H groups in total. The lowest BCUT2D eigenvalue weighted by molar-refractivity contribution is -0.115. The first-order valence-corrected chi connectivity index (χ1v) is 9.92. The van der Waals surface area contributed by atoms with Crippen LogP contribution in [0.2, 0.25) is 10.0 Å². The molecule has 0 radical (unpaired) electrons. The van der Waals surface area contributed by atoms with Gasteiger partial charge in [-0.25, -0.2) is 4.99 Å². The van der Waals surface area contributed by atoms with Gasteiger partial charge in [0.15, 0.2) is 5.17 Å². The summed E-state index contributed by atoms with van der Waals surface area (Å²) in [4.78, 5) is 33.1. The Labute approximate surface area is 179 Å². The summed E-state index contributed by atoms with van der Waals surface area (Å²) >= 11 is 13.4. The largest absolute Gasteiger partial charge is 0.366 e. The first-order valence-electron chi connectivity index (χ1n) is 8.34. The number of aromatic nitrogens is 1. The maximum absolute atomic E-state index is 12.4. The number of thioether (sulfide) groups is 1. The molecular weight excluding hydrogens is 431 g/mol. The van der Waals surface area contributed by atoms with E-state index in [0.717, 1.165) is 5.56 Å². The third kappa shape index (κ3) is 3.98. The van der Waals surface area contributed by atoms with E-state index in [0.29, 0.717) is 42.3 Å². The minimum Gasteiger partial charge on any atom is -0.366 e. The number of fused-ring (bicyclic) bond motifs is 1. The summed E-state index contributed by atoms with van der Waals surface area (Å²) < 4.78 is 0. The second-order valence-corrected chi connectivity index (χ2v) is 7.90. The molecule has 2 amide bonds. The lowest BCUT2D eigenvalue weighted by atomic mass is 10.1. The van der Waals surface area contributed by atoms with Crippen LogP contribution in [0.15, 0.2) is 58.6 Å². The van der Waals surface area contributed by atoms with Crippen molar-refractivity contribution in [1.29, 1.82) is 0 Å². The van der Waals surface area contributed by atoms with Crippen LogP contribution in [0.4, 0.5) is 5.69 Å². The topological polar surface area (TPSA) is 97.4 Å². The van der Waals surface area contributed by atoms with Crippen LogP contribution in [-0.2, 0) is 4.79 Å². The number of primary amides is 1. The van der Waals surface area contributed by atoms with Crippen molar-refractivity contribution in [2.45, 2.75) is 0 Å².